The van der Waals surface area contributed by atoms with Crippen molar-refractivity contribution in [1.82, 2.24) is 15.6 Å². The van der Waals surface area contributed by atoms with E-state index in [-0.39, 0.29) is 24.8 Å². The molecule has 1 fully saturated rings. The van der Waals surface area contributed by atoms with Crippen molar-refractivity contribution < 1.29 is 14.4 Å². The van der Waals surface area contributed by atoms with E-state index in [9.17, 15) is 14.4 Å². The number of hydrogen-bond acceptors (Lipinski definition) is 3. The number of nitrogens with one attached hydrogen (secondary N) is 3. The maximum absolute atomic E-state index is 13.1. The van der Waals surface area contributed by atoms with Gasteiger partial charge in [-0.05, 0) is 49.6 Å². The molecule has 0 saturated carbocycles. The quantitative estimate of drug-likeness (QED) is 0.589. The maximum Gasteiger partial charge on any atom is 0.328 e. The number of aromatic amines is 1. The Labute approximate surface area is 180 Å². The van der Waals surface area contributed by atoms with Gasteiger partial charge in [-0.3, -0.25) is 19.8 Å². The zero-order chi connectivity index (χ0) is 22.1. The van der Waals surface area contributed by atoms with Gasteiger partial charge >= 0.3 is 6.03 Å². The van der Waals surface area contributed by atoms with Gasteiger partial charge in [0.05, 0.1) is 16.8 Å². The summed E-state index contributed by atoms with van der Waals surface area (Å²) in [6.45, 7) is 6.89. The number of aromatic nitrogens is 1. The molecule has 3 N–H and O–H groups in total. The van der Waals surface area contributed by atoms with Crippen molar-refractivity contribution in [2.24, 2.45) is 0 Å². The summed E-state index contributed by atoms with van der Waals surface area (Å²) in [6, 6.07) is 10.7. The molecule has 0 bridgehead atoms. The van der Waals surface area contributed by atoms with Crippen LogP contribution in [0, 0.1) is 13.8 Å². The van der Waals surface area contributed by atoms with Crippen molar-refractivity contribution in [2.45, 2.75) is 40.2 Å². The molecule has 1 aliphatic heterocycles. The van der Waals surface area contributed by atoms with E-state index in [1.54, 1.807) is 24.3 Å². The van der Waals surface area contributed by atoms with Crippen LogP contribution in [0.5, 0.6) is 0 Å². The average Bonchev–Trinajstić information content (AvgIpc) is 3.07. The zero-order valence-electron chi connectivity index (χ0n) is 18.0. The van der Waals surface area contributed by atoms with E-state index in [0.29, 0.717) is 17.8 Å². The molecule has 0 radical (unpaired) electrons. The van der Waals surface area contributed by atoms with Crippen molar-refractivity contribution in [1.29, 1.82) is 0 Å². The zero-order valence-corrected chi connectivity index (χ0v) is 18.0. The Kier molecular flexibility index (Phi) is 5.50. The van der Waals surface area contributed by atoms with Crippen LogP contribution in [0.25, 0.3) is 10.9 Å². The van der Waals surface area contributed by atoms with Gasteiger partial charge in [-0.1, -0.05) is 30.7 Å². The minimum atomic E-state index is -0.508. The lowest BCUT2D eigenvalue weighted by molar-refractivity contribution is -0.120. The third-order valence-electron chi connectivity index (χ3n) is 5.78. The number of benzene rings is 2. The number of hydrogen-bond donors (Lipinski definition) is 3. The molecule has 4 amide bonds. The molecular formula is C24H26N4O3. The summed E-state index contributed by atoms with van der Waals surface area (Å²) in [6.07, 6.45) is 1.12. The first kappa shape index (κ1) is 20.7. The van der Waals surface area contributed by atoms with E-state index in [0.717, 1.165) is 23.1 Å². The van der Waals surface area contributed by atoms with Gasteiger partial charge in [-0.25, -0.2) is 4.79 Å². The van der Waals surface area contributed by atoms with Crippen LogP contribution >= 0.6 is 0 Å². The molecule has 31 heavy (non-hydrogen) atoms. The largest absolute Gasteiger partial charge is 0.358 e. The summed E-state index contributed by atoms with van der Waals surface area (Å²) in [4.78, 5) is 41.7. The van der Waals surface area contributed by atoms with Gasteiger partial charge in [0, 0.05) is 30.6 Å². The summed E-state index contributed by atoms with van der Waals surface area (Å²) >= 11 is 0. The summed E-state index contributed by atoms with van der Waals surface area (Å²) in [5.74, 6) is -0.576. The van der Waals surface area contributed by atoms with E-state index >= 15 is 0 Å². The van der Waals surface area contributed by atoms with Crippen molar-refractivity contribution >= 4 is 34.4 Å². The molecule has 4 rings (SSSR count). The lowest BCUT2D eigenvalue weighted by atomic mass is 10.0. The maximum atomic E-state index is 13.1. The molecule has 1 aliphatic rings. The van der Waals surface area contributed by atoms with Crippen LogP contribution in [0.2, 0.25) is 0 Å². The number of rotatable bonds is 5. The van der Waals surface area contributed by atoms with E-state index in [2.05, 4.69) is 41.6 Å². The Morgan fingerprint density at radius 2 is 1.94 bits per heavy atom. The molecule has 0 atom stereocenters. The minimum absolute atomic E-state index is 0.203. The summed E-state index contributed by atoms with van der Waals surface area (Å²) < 4.78 is 0. The van der Waals surface area contributed by atoms with Gasteiger partial charge in [-0.2, -0.15) is 0 Å². The number of aryl methyl sites for hydroxylation is 3. The lowest BCUT2D eigenvalue weighted by Gasteiger charge is -2.28. The molecule has 0 spiro atoms. The molecule has 160 valence electrons. The lowest BCUT2D eigenvalue weighted by Crippen LogP contribution is -2.50. The Morgan fingerprint density at radius 1 is 1.16 bits per heavy atom. The Bertz CT molecular complexity index is 1190. The van der Waals surface area contributed by atoms with Crippen LogP contribution in [0.1, 0.15) is 46.1 Å². The van der Waals surface area contributed by atoms with Crippen LogP contribution in [-0.4, -0.2) is 29.4 Å². The summed E-state index contributed by atoms with van der Waals surface area (Å²) in [5, 5.41) is 6.48. The Hall–Kier alpha value is -3.61. The minimum Gasteiger partial charge on any atom is -0.358 e. The van der Waals surface area contributed by atoms with Crippen molar-refractivity contribution in [3.63, 3.8) is 0 Å². The second-order valence-corrected chi connectivity index (χ2v) is 7.88. The highest BCUT2D eigenvalue weighted by Crippen LogP contribution is 2.27. The Balaban J connectivity index is 1.59. The average molecular weight is 418 g/mol. The monoisotopic (exact) mass is 418 g/mol. The molecular weight excluding hydrogens is 392 g/mol. The van der Waals surface area contributed by atoms with E-state index in [1.165, 1.54) is 21.5 Å². The van der Waals surface area contributed by atoms with Crippen LogP contribution in [0.4, 0.5) is 10.5 Å². The fraction of sp³-hybridized carbons (Fsp3) is 0.292. The normalized spacial score (nSPS) is 14.1. The molecule has 7 heteroatoms. The third kappa shape index (κ3) is 3.91. The fourth-order valence-electron chi connectivity index (χ4n) is 4.17. The first-order chi connectivity index (χ1) is 14.9. The van der Waals surface area contributed by atoms with Gasteiger partial charge in [0.15, 0.2) is 0 Å². The molecule has 0 unspecified atom stereocenters. The van der Waals surface area contributed by atoms with Gasteiger partial charge in [0.2, 0.25) is 5.91 Å². The van der Waals surface area contributed by atoms with Gasteiger partial charge in [0.25, 0.3) is 5.91 Å². The topological polar surface area (TPSA) is 94.3 Å². The smallest absolute Gasteiger partial charge is 0.328 e. The van der Waals surface area contributed by atoms with E-state index < -0.39 is 6.03 Å². The number of anilines is 1. The molecule has 1 saturated heterocycles. The number of para-hydroxylation sites is 1. The molecule has 2 aromatic carbocycles. The van der Waals surface area contributed by atoms with E-state index in [1.807, 2.05) is 6.92 Å². The number of nitrogens with zero attached hydrogens (tertiary/aromatic N) is 1. The van der Waals surface area contributed by atoms with Gasteiger partial charge in [-0.15, -0.1) is 0 Å². The predicted octanol–water partition coefficient (Wildman–Crippen LogP) is 3.72. The second kappa shape index (κ2) is 8.26. The van der Waals surface area contributed by atoms with Gasteiger partial charge < -0.3 is 10.3 Å². The molecule has 0 aliphatic carbocycles. The van der Waals surface area contributed by atoms with Crippen molar-refractivity contribution in [2.75, 3.05) is 11.4 Å². The highest BCUT2D eigenvalue weighted by atomic mass is 16.2. The van der Waals surface area contributed by atoms with Crippen LogP contribution in [0.3, 0.4) is 0 Å². The molecule has 7 nitrogen and oxygen atoms in total. The van der Waals surface area contributed by atoms with E-state index in [4.69, 9.17) is 0 Å². The standard InChI is InChI=1S/C24H26N4O3/c1-4-19-15(3)18-12-14(2)11-16(22(18)26-19)13-25-23(30)17-7-5-6-8-20(17)28-10-9-21(29)27-24(28)31/h5-8,11-12,26H,4,9-10,13H2,1-3H3,(H,25,30)(H,27,29,31). The number of urea groups is 1. The van der Waals surface area contributed by atoms with Gasteiger partial charge in [0.1, 0.15) is 0 Å². The summed E-state index contributed by atoms with van der Waals surface area (Å²) in [7, 11) is 0. The third-order valence-corrected chi connectivity index (χ3v) is 5.78. The number of H-pyrrole nitrogens is 1. The van der Waals surface area contributed by atoms with Crippen LogP contribution in [-0.2, 0) is 17.8 Å². The molecule has 1 aromatic heterocycles. The predicted molar refractivity (Wildman–Crippen MR) is 120 cm³/mol. The number of carbonyl (C=O) groups is 3. The van der Waals surface area contributed by atoms with Crippen LogP contribution in [0.15, 0.2) is 36.4 Å². The Morgan fingerprint density at radius 3 is 2.68 bits per heavy atom. The SMILES string of the molecule is CCc1[nH]c2c(CNC(=O)c3ccccc3N3CCC(=O)NC3=O)cc(C)cc2c1C. The number of carbonyl (C=O) groups excluding carboxylic acids is 3. The first-order valence-electron chi connectivity index (χ1n) is 10.5. The first-order valence-corrected chi connectivity index (χ1v) is 10.5. The molecule has 3 aromatic rings. The second-order valence-electron chi connectivity index (χ2n) is 7.88. The fourth-order valence-corrected chi connectivity index (χ4v) is 4.17. The highest BCUT2D eigenvalue weighted by Gasteiger charge is 2.27. The summed E-state index contributed by atoms with van der Waals surface area (Å²) in [5.41, 5.74) is 6.52. The van der Waals surface area contributed by atoms with Crippen LogP contribution < -0.4 is 15.5 Å². The highest BCUT2D eigenvalue weighted by molar-refractivity contribution is 6.09. The number of amides is 4. The number of imide groups is 1. The van der Waals surface area contributed by atoms with Crippen molar-refractivity contribution in [3.8, 4) is 0 Å². The number of fused-ring (bicyclic) bond motifs is 1. The van der Waals surface area contributed by atoms with Crippen molar-refractivity contribution in [3.05, 3.63) is 64.3 Å². The molecule has 2 heterocycles.